The van der Waals surface area contributed by atoms with Crippen molar-refractivity contribution in [2.45, 2.75) is 18.5 Å². The predicted octanol–water partition coefficient (Wildman–Crippen LogP) is -0.395. The smallest absolute Gasteiger partial charge is 0.351 e. The summed E-state index contributed by atoms with van der Waals surface area (Å²) in [6.45, 7) is -0.699. The van der Waals surface area contributed by atoms with Gasteiger partial charge in [0.25, 0.3) is 0 Å². The lowest BCUT2D eigenvalue weighted by molar-refractivity contribution is -0.0376. The number of carboxylic acid groups (broad SMARTS) is 1. The summed E-state index contributed by atoms with van der Waals surface area (Å²) in [7, 11) is 0. The number of hydrogen-bond donors (Lipinski definition) is 3. The normalized spacial score (nSPS) is 27.2. The first-order valence-electron chi connectivity index (χ1n) is 5.73. The molecule has 3 unspecified atom stereocenters. The summed E-state index contributed by atoms with van der Waals surface area (Å²) in [6.07, 6.45) is -4.27. The Morgan fingerprint density at radius 1 is 1.62 bits per heavy atom. The number of nitrogens with two attached hydrogens (primary N) is 1. The molecule has 1 aliphatic rings. The molecule has 0 saturated carbocycles. The molecule has 1 aliphatic heterocycles. The number of aliphatic hydroxyl groups excluding tert-OH is 1. The number of nitrogens with zero attached hydrogens (tertiary/aromatic N) is 2. The van der Waals surface area contributed by atoms with Crippen LogP contribution in [0.2, 0.25) is 0 Å². The molecule has 0 aliphatic carbocycles. The van der Waals surface area contributed by atoms with Crippen molar-refractivity contribution in [2.24, 2.45) is 0 Å². The summed E-state index contributed by atoms with van der Waals surface area (Å²) in [5.41, 5.74) is 3.22. The van der Waals surface area contributed by atoms with E-state index in [0.29, 0.717) is 4.57 Å². The molecule has 0 bridgehead atoms. The molecule has 21 heavy (non-hydrogen) atoms. The number of aliphatic hydroxyl groups is 1. The molecule has 1 saturated heterocycles. The molecular weight excluding hydrogens is 292 g/mol. The van der Waals surface area contributed by atoms with Crippen molar-refractivity contribution in [3.8, 4) is 0 Å². The Balaban J connectivity index is 2.50. The second kappa shape index (κ2) is 5.58. The minimum absolute atomic E-state index is 0.0561. The molecule has 0 spiro atoms. The first-order chi connectivity index (χ1) is 9.90. The third-order valence-electron chi connectivity index (χ3n) is 3.02. The first kappa shape index (κ1) is 15.1. The predicted molar refractivity (Wildman–Crippen MR) is 65.0 cm³/mol. The van der Waals surface area contributed by atoms with Crippen LogP contribution in [-0.2, 0) is 4.74 Å². The number of nitrogen functional groups attached to an aromatic ring is 1. The first-order valence-corrected chi connectivity index (χ1v) is 5.73. The Bertz CT molecular complexity index is 660. The van der Waals surface area contributed by atoms with Crippen LogP contribution >= 0.6 is 0 Å². The molecule has 8 nitrogen and oxygen atoms in total. The second-order valence-electron chi connectivity index (χ2n) is 4.24. The maximum atomic E-state index is 14.1. The monoisotopic (exact) mass is 303 g/mol. The van der Waals surface area contributed by atoms with Crippen molar-refractivity contribution in [2.75, 3.05) is 12.3 Å². The maximum Gasteiger partial charge on any atom is 0.351 e. The van der Waals surface area contributed by atoms with Gasteiger partial charge in [-0.15, -0.1) is 0 Å². The molecule has 3 atom stereocenters. The Labute approximate surface area is 116 Å². The van der Waals surface area contributed by atoms with Gasteiger partial charge in [-0.2, -0.15) is 4.98 Å². The Hall–Kier alpha value is -2.33. The fourth-order valence-electron chi connectivity index (χ4n) is 1.97. The minimum atomic E-state index is -2.07. The van der Waals surface area contributed by atoms with Crippen LogP contribution in [0.3, 0.4) is 0 Å². The largest absolute Gasteiger partial charge is 0.478 e. The Kier molecular flexibility index (Phi) is 4.00. The summed E-state index contributed by atoms with van der Waals surface area (Å²) in [4.78, 5) is 25.9. The SMILES string of the molecule is Nc1nc(=O)n(C2OC(CO)/C(=C/F)C2F)cc1C(=O)O. The molecule has 1 fully saturated rings. The Morgan fingerprint density at radius 2 is 2.29 bits per heavy atom. The number of hydrogen-bond acceptors (Lipinski definition) is 6. The number of carbonyl (C=O) groups is 1. The summed E-state index contributed by atoms with van der Waals surface area (Å²) in [5, 5.41) is 17.9. The number of ether oxygens (including phenoxy) is 1. The van der Waals surface area contributed by atoms with Crippen molar-refractivity contribution in [1.82, 2.24) is 9.55 Å². The van der Waals surface area contributed by atoms with Crippen LogP contribution in [0.5, 0.6) is 0 Å². The molecule has 2 heterocycles. The van der Waals surface area contributed by atoms with E-state index in [0.717, 1.165) is 6.20 Å². The van der Waals surface area contributed by atoms with Crippen LogP contribution < -0.4 is 11.4 Å². The molecular formula is C11H11F2N3O5. The van der Waals surface area contributed by atoms with E-state index < -0.39 is 53.7 Å². The number of carboxylic acids is 1. The van der Waals surface area contributed by atoms with E-state index in [-0.39, 0.29) is 6.33 Å². The van der Waals surface area contributed by atoms with Gasteiger partial charge in [-0.05, 0) is 0 Å². The van der Waals surface area contributed by atoms with Crippen LogP contribution in [-0.4, -0.2) is 44.6 Å². The van der Waals surface area contributed by atoms with Gasteiger partial charge >= 0.3 is 11.7 Å². The van der Waals surface area contributed by atoms with E-state index in [9.17, 15) is 18.4 Å². The third kappa shape index (κ3) is 2.50. The zero-order valence-corrected chi connectivity index (χ0v) is 10.4. The minimum Gasteiger partial charge on any atom is -0.478 e. The number of anilines is 1. The van der Waals surface area contributed by atoms with Crippen molar-refractivity contribution >= 4 is 11.8 Å². The highest BCUT2D eigenvalue weighted by molar-refractivity contribution is 5.92. The summed E-state index contributed by atoms with van der Waals surface area (Å²) in [6, 6.07) is 0. The van der Waals surface area contributed by atoms with E-state index in [1.807, 2.05) is 0 Å². The van der Waals surface area contributed by atoms with Gasteiger partial charge in [-0.3, -0.25) is 4.57 Å². The van der Waals surface area contributed by atoms with E-state index >= 15 is 0 Å². The summed E-state index contributed by atoms with van der Waals surface area (Å²) in [5.74, 6) is -2.00. The molecule has 114 valence electrons. The van der Waals surface area contributed by atoms with Crippen LogP contribution in [0.25, 0.3) is 0 Å². The molecule has 10 heteroatoms. The van der Waals surface area contributed by atoms with Gasteiger partial charge in [-0.25, -0.2) is 18.4 Å². The van der Waals surface area contributed by atoms with E-state index in [1.54, 1.807) is 0 Å². The van der Waals surface area contributed by atoms with Gasteiger partial charge in [-0.1, -0.05) is 0 Å². The lowest BCUT2D eigenvalue weighted by Gasteiger charge is -2.16. The van der Waals surface area contributed by atoms with Crippen LogP contribution in [0, 0.1) is 0 Å². The molecule has 2 rings (SSSR count). The quantitative estimate of drug-likeness (QED) is 0.693. The van der Waals surface area contributed by atoms with Gasteiger partial charge in [0.05, 0.1) is 12.9 Å². The number of aromatic carboxylic acids is 1. The van der Waals surface area contributed by atoms with Crippen LogP contribution in [0.4, 0.5) is 14.6 Å². The lowest BCUT2D eigenvalue weighted by atomic mass is 10.1. The van der Waals surface area contributed by atoms with Gasteiger partial charge in [0.1, 0.15) is 17.5 Å². The fourth-order valence-corrected chi connectivity index (χ4v) is 1.97. The molecule has 4 N–H and O–H groups in total. The van der Waals surface area contributed by atoms with Crippen molar-refractivity contribution in [1.29, 1.82) is 0 Å². The number of rotatable bonds is 3. The molecule has 0 aromatic carbocycles. The molecule has 1 aromatic heterocycles. The van der Waals surface area contributed by atoms with Crippen LogP contribution in [0.15, 0.2) is 22.9 Å². The van der Waals surface area contributed by atoms with Gasteiger partial charge < -0.3 is 20.7 Å². The number of halogens is 2. The zero-order valence-electron chi connectivity index (χ0n) is 10.4. The van der Waals surface area contributed by atoms with Crippen molar-refractivity contribution < 1.29 is 28.5 Å². The highest BCUT2D eigenvalue weighted by atomic mass is 19.1. The van der Waals surface area contributed by atoms with E-state index in [2.05, 4.69) is 4.98 Å². The highest BCUT2D eigenvalue weighted by Gasteiger charge is 2.42. The molecule has 0 amide bonds. The summed E-state index contributed by atoms with van der Waals surface area (Å²) < 4.78 is 32.3. The van der Waals surface area contributed by atoms with Gasteiger partial charge in [0.2, 0.25) is 0 Å². The van der Waals surface area contributed by atoms with Crippen molar-refractivity contribution in [3.63, 3.8) is 0 Å². The van der Waals surface area contributed by atoms with Crippen molar-refractivity contribution in [3.05, 3.63) is 34.1 Å². The standard InChI is InChI=1S/C11H11F2N3O5/c12-1-4-6(3-17)21-9(7(4)13)16-2-5(10(18)19)8(14)15-11(16)20/h1-2,6-7,9,17H,3H2,(H,18,19)(H2,14,15,20)/b4-1-. The topological polar surface area (TPSA) is 128 Å². The van der Waals surface area contributed by atoms with E-state index in [4.69, 9.17) is 20.7 Å². The number of alkyl halides is 1. The summed E-state index contributed by atoms with van der Waals surface area (Å²) >= 11 is 0. The van der Waals surface area contributed by atoms with Gasteiger partial charge in [0, 0.05) is 11.8 Å². The highest BCUT2D eigenvalue weighted by Crippen LogP contribution is 2.35. The number of aromatic nitrogens is 2. The molecule has 1 aromatic rings. The maximum absolute atomic E-state index is 14.1. The Morgan fingerprint density at radius 3 is 2.76 bits per heavy atom. The average Bonchev–Trinajstić information content (AvgIpc) is 2.74. The lowest BCUT2D eigenvalue weighted by Crippen LogP contribution is -2.32. The zero-order chi connectivity index (χ0) is 15.7. The van der Waals surface area contributed by atoms with Gasteiger partial charge in [0.15, 0.2) is 12.4 Å². The fraction of sp³-hybridized carbons (Fsp3) is 0.364. The molecule has 0 radical (unpaired) electrons. The third-order valence-corrected chi connectivity index (χ3v) is 3.02. The second-order valence-corrected chi connectivity index (χ2v) is 4.24. The van der Waals surface area contributed by atoms with E-state index in [1.165, 1.54) is 0 Å². The van der Waals surface area contributed by atoms with Crippen LogP contribution in [0.1, 0.15) is 16.6 Å². The average molecular weight is 303 g/mol.